The Morgan fingerprint density at radius 1 is 0.833 bits per heavy atom. The fourth-order valence-corrected chi connectivity index (χ4v) is 4.52. The molecule has 2 rings (SSSR count). The summed E-state index contributed by atoms with van der Waals surface area (Å²) in [5.74, 6) is 2.77. The monoisotopic (exact) mass is 346 g/mol. The smallest absolute Gasteiger partial charge is 0.109 e. The van der Waals surface area contributed by atoms with Crippen LogP contribution in [-0.4, -0.2) is 0 Å². The Morgan fingerprint density at radius 3 is 1.88 bits per heavy atom. The SMILES string of the molecule is CC(C)c1ccc(C(C)(C)CC(C)(C)c2ccc(C(C)(C)C)o2)s1. The number of thiophene rings is 1. The first kappa shape index (κ1) is 19.3. The normalized spacial score (nSPS) is 13.8. The van der Waals surface area contributed by atoms with E-state index in [0.29, 0.717) is 5.92 Å². The van der Waals surface area contributed by atoms with Crippen LogP contribution in [0.2, 0.25) is 0 Å². The zero-order valence-corrected chi connectivity index (χ0v) is 17.7. The van der Waals surface area contributed by atoms with E-state index in [1.807, 2.05) is 11.3 Å². The van der Waals surface area contributed by atoms with E-state index >= 15 is 0 Å². The predicted octanol–water partition coefficient (Wildman–Crippen LogP) is 7.41. The van der Waals surface area contributed by atoms with E-state index < -0.39 is 0 Å². The van der Waals surface area contributed by atoms with Gasteiger partial charge in [0.1, 0.15) is 11.5 Å². The zero-order valence-electron chi connectivity index (χ0n) is 16.9. The van der Waals surface area contributed by atoms with Crippen molar-refractivity contribution in [3.63, 3.8) is 0 Å². The fourth-order valence-electron chi connectivity index (χ4n) is 3.41. The van der Waals surface area contributed by atoms with Crippen LogP contribution in [0.5, 0.6) is 0 Å². The number of furan rings is 1. The van der Waals surface area contributed by atoms with Crippen LogP contribution in [0.15, 0.2) is 28.7 Å². The molecule has 0 unspecified atom stereocenters. The lowest BCUT2D eigenvalue weighted by atomic mass is 9.73. The maximum Gasteiger partial charge on any atom is 0.109 e. The highest BCUT2D eigenvalue weighted by Gasteiger charge is 2.35. The van der Waals surface area contributed by atoms with Crippen LogP contribution < -0.4 is 0 Å². The van der Waals surface area contributed by atoms with Crippen molar-refractivity contribution >= 4 is 11.3 Å². The summed E-state index contributed by atoms with van der Waals surface area (Å²) in [6.45, 7) is 20.5. The molecule has 0 aromatic carbocycles. The molecule has 0 bridgehead atoms. The number of hydrogen-bond donors (Lipinski definition) is 0. The second-order valence-electron chi connectivity index (χ2n) is 9.72. The summed E-state index contributed by atoms with van der Waals surface area (Å²) in [6.07, 6.45) is 1.06. The maximum absolute atomic E-state index is 6.24. The van der Waals surface area contributed by atoms with Gasteiger partial charge in [0.15, 0.2) is 0 Å². The predicted molar refractivity (Wildman–Crippen MR) is 106 cm³/mol. The summed E-state index contributed by atoms with van der Waals surface area (Å²) in [6, 6.07) is 8.93. The molecule has 2 aromatic heterocycles. The highest BCUT2D eigenvalue weighted by atomic mass is 32.1. The van der Waals surface area contributed by atoms with Gasteiger partial charge in [-0.2, -0.15) is 0 Å². The first-order valence-corrected chi connectivity index (χ1v) is 9.85. The van der Waals surface area contributed by atoms with Gasteiger partial charge in [0.25, 0.3) is 0 Å². The molecule has 0 amide bonds. The van der Waals surface area contributed by atoms with Gasteiger partial charge in [0, 0.05) is 26.0 Å². The van der Waals surface area contributed by atoms with Gasteiger partial charge in [-0.15, -0.1) is 11.3 Å². The molecule has 0 aliphatic heterocycles. The Balaban J connectivity index is 2.24. The lowest BCUT2D eigenvalue weighted by Crippen LogP contribution is -2.28. The van der Waals surface area contributed by atoms with Gasteiger partial charge in [0.05, 0.1) is 0 Å². The molecule has 0 aliphatic rings. The third-order valence-corrected chi connectivity index (χ3v) is 6.51. The second kappa shape index (κ2) is 6.37. The first-order chi connectivity index (χ1) is 10.8. The molecule has 134 valence electrons. The molecule has 0 saturated carbocycles. The molecule has 0 aliphatic carbocycles. The minimum atomic E-state index is 0.00891. The van der Waals surface area contributed by atoms with Gasteiger partial charge < -0.3 is 4.42 Å². The van der Waals surface area contributed by atoms with Crippen LogP contribution in [0.4, 0.5) is 0 Å². The summed E-state index contributed by atoms with van der Waals surface area (Å²) in [7, 11) is 0. The summed E-state index contributed by atoms with van der Waals surface area (Å²) < 4.78 is 6.24. The quantitative estimate of drug-likeness (QED) is 0.549. The Labute approximate surface area is 152 Å². The van der Waals surface area contributed by atoms with E-state index in [-0.39, 0.29) is 16.2 Å². The van der Waals surface area contributed by atoms with Crippen molar-refractivity contribution < 1.29 is 4.42 Å². The van der Waals surface area contributed by atoms with Crippen molar-refractivity contribution in [2.45, 2.75) is 90.9 Å². The van der Waals surface area contributed by atoms with Gasteiger partial charge in [0.2, 0.25) is 0 Å². The van der Waals surface area contributed by atoms with Gasteiger partial charge in [-0.25, -0.2) is 0 Å². The van der Waals surface area contributed by atoms with Crippen LogP contribution in [0.1, 0.15) is 95.9 Å². The second-order valence-corrected chi connectivity index (χ2v) is 10.8. The lowest BCUT2D eigenvalue weighted by molar-refractivity contribution is 0.280. The molecule has 0 radical (unpaired) electrons. The Hall–Kier alpha value is -1.02. The highest BCUT2D eigenvalue weighted by molar-refractivity contribution is 7.12. The molecule has 1 nitrogen and oxygen atoms in total. The fraction of sp³-hybridized carbons (Fsp3) is 0.636. The van der Waals surface area contributed by atoms with Gasteiger partial charge in [-0.1, -0.05) is 62.3 Å². The van der Waals surface area contributed by atoms with E-state index in [0.717, 1.165) is 17.9 Å². The van der Waals surface area contributed by atoms with Crippen molar-refractivity contribution in [1.82, 2.24) is 0 Å². The molecule has 0 N–H and O–H groups in total. The molecular weight excluding hydrogens is 312 g/mol. The Morgan fingerprint density at radius 2 is 1.42 bits per heavy atom. The minimum absolute atomic E-state index is 0.00891. The van der Waals surface area contributed by atoms with Crippen LogP contribution in [0.25, 0.3) is 0 Å². The van der Waals surface area contributed by atoms with E-state index in [4.69, 9.17) is 4.42 Å². The Bertz CT molecular complexity index is 677. The zero-order chi connectivity index (χ0) is 18.3. The molecule has 0 spiro atoms. The average molecular weight is 347 g/mol. The van der Waals surface area contributed by atoms with Crippen molar-refractivity contribution in [3.8, 4) is 0 Å². The first-order valence-electron chi connectivity index (χ1n) is 9.04. The maximum atomic E-state index is 6.24. The molecule has 24 heavy (non-hydrogen) atoms. The highest BCUT2D eigenvalue weighted by Crippen LogP contribution is 2.43. The van der Waals surface area contributed by atoms with Gasteiger partial charge in [-0.05, 0) is 36.6 Å². The van der Waals surface area contributed by atoms with Crippen molar-refractivity contribution in [1.29, 1.82) is 0 Å². The van der Waals surface area contributed by atoms with Gasteiger partial charge in [-0.3, -0.25) is 0 Å². The third-order valence-electron chi connectivity index (χ3n) is 4.76. The summed E-state index contributed by atoms with van der Waals surface area (Å²) in [5, 5.41) is 0. The van der Waals surface area contributed by atoms with E-state index in [9.17, 15) is 0 Å². The van der Waals surface area contributed by atoms with Crippen LogP contribution >= 0.6 is 11.3 Å². The summed E-state index contributed by atoms with van der Waals surface area (Å²) >= 11 is 1.96. The Kier molecular flexibility index (Phi) is 5.12. The minimum Gasteiger partial charge on any atom is -0.465 e. The van der Waals surface area contributed by atoms with E-state index in [2.05, 4.69) is 86.6 Å². The number of hydrogen-bond acceptors (Lipinski definition) is 2. The molecule has 0 fully saturated rings. The van der Waals surface area contributed by atoms with Crippen molar-refractivity contribution in [2.24, 2.45) is 0 Å². The van der Waals surface area contributed by atoms with E-state index in [1.54, 1.807) is 0 Å². The summed E-state index contributed by atoms with van der Waals surface area (Å²) in [4.78, 5) is 2.95. The molecular formula is C22H34OS. The lowest BCUT2D eigenvalue weighted by Gasteiger charge is -2.33. The molecule has 0 atom stereocenters. The molecule has 2 heteroatoms. The third kappa shape index (κ3) is 4.14. The van der Waals surface area contributed by atoms with Crippen LogP contribution in [0.3, 0.4) is 0 Å². The van der Waals surface area contributed by atoms with Crippen molar-refractivity contribution in [3.05, 3.63) is 45.5 Å². The topological polar surface area (TPSA) is 13.1 Å². The molecule has 0 saturated heterocycles. The van der Waals surface area contributed by atoms with Crippen LogP contribution in [-0.2, 0) is 16.2 Å². The average Bonchev–Trinajstić information content (AvgIpc) is 3.07. The largest absolute Gasteiger partial charge is 0.465 e. The molecule has 2 aromatic rings. The number of rotatable bonds is 5. The van der Waals surface area contributed by atoms with Crippen LogP contribution in [0, 0.1) is 0 Å². The van der Waals surface area contributed by atoms with Gasteiger partial charge >= 0.3 is 0 Å². The van der Waals surface area contributed by atoms with Crippen molar-refractivity contribution in [2.75, 3.05) is 0 Å². The van der Waals surface area contributed by atoms with E-state index in [1.165, 1.54) is 9.75 Å². The summed E-state index contributed by atoms with van der Waals surface area (Å²) in [5.41, 5.74) is 0.203. The molecule has 2 heterocycles. The standard InChI is InChI=1S/C22H34OS/c1-15(2)16-10-13-19(24-16)22(8,9)14-21(6,7)18-12-11-17(23-18)20(3,4)5/h10-13,15H,14H2,1-9H3.